The van der Waals surface area contributed by atoms with E-state index in [1.54, 1.807) is 0 Å². The highest BCUT2D eigenvalue weighted by atomic mass is 16.5. The molecule has 1 amide bonds. The number of aromatic nitrogens is 2. The molecule has 1 saturated heterocycles. The largest absolute Gasteiger partial charge is 0.494 e. The fourth-order valence-corrected chi connectivity index (χ4v) is 4.03. The predicted molar refractivity (Wildman–Crippen MR) is 122 cm³/mol. The first-order valence-electron chi connectivity index (χ1n) is 10.7. The van der Waals surface area contributed by atoms with Crippen molar-refractivity contribution in [3.8, 4) is 5.75 Å². The first-order chi connectivity index (χ1) is 14.9. The first kappa shape index (κ1) is 21.1. The molecular weight excluding hydrogens is 390 g/mol. The van der Waals surface area contributed by atoms with Crippen LogP contribution in [0.3, 0.4) is 0 Å². The van der Waals surface area contributed by atoms with Crippen molar-refractivity contribution in [2.24, 2.45) is 5.92 Å². The summed E-state index contributed by atoms with van der Waals surface area (Å²) in [6.45, 7) is 8.63. The topological polar surface area (TPSA) is 88.2 Å². The van der Waals surface area contributed by atoms with Crippen LogP contribution in [0.15, 0.2) is 42.5 Å². The lowest BCUT2D eigenvalue weighted by Crippen LogP contribution is -2.63. The normalized spacial score (nSPS) is 21.0. The summed E-state index contributed by atoms with van der Waals surface area (Å²) in [5, 5.41) is 10.6. The average Bonchev–Trinajstić information content (AvgIpc) is 2.73. The van der Waals surface area contributed by atoms with E-state index in [0.717, 1.165) is 22.3 Å². The number of aryl methyl sites for hydroxylation is 2. The number of hydrogen-bond donors (Lipinski definition) is 3. The summed E-state index contributed by atoms with van der Waals surface area (Å²) < 4.78 is 5.58. The Labute approximate surface area is 182 Å². The van der Waals surface area contributed by atoms with Crippen LogP contribution in [0.25, 0.3) is 10.9 Å². The maximum atomic E-state index is 12.9. The van der Waals surface area contributed by atoms with Crippen LogP contribution in [-0.2, 0) is 11.2 Å². The molecule has 4 rings (SSSR count). The average molecular weight is 420 g/mol. The van der Waals surface area contributed by atoms with Crippen molar-refractivity contribution in [2.45, 2.75) is 46.4 Å². The Morgan fingerprint density at radius 2 is 1.94 bits per heavy atom. The quantitative estimate of drug-likeness (QED) is 0.568. The van der Waals surface area contributed by atoms with Crippen LogP contribution in [0.2, 0.25) is 0 Å². The minimum absolute atomic E-state index is 0.00107. The fourth-order valence-electron chi connectivity index (χ4n) is 4.03. The van der Waals surface area contributed by atoms with Gasteiger partial charge in [-0.3, -0.25) is 10.1 Å². The highest BCUT2D eigenvalue weighted by molar-refractivity contribution is 5.84. The van der Waals surface area contributed by atoms with E-state index in [1.807, 2.05) is 51.1 Å². The number of fused-ring (bicyclic) bond motifs is 1. The van der Waals surface area contributed by atoms with Gasteiger partial charge < -0.3 is 15.4 Å². The summed E-state index contributed by atoms with van der Waals surface area (Å²) in [4.78, 5) is 22.0. The van der Waals surface area contributed by atoms with Gasteiger partial charge in [-0.15, -0.1) is 0 Å². The third kappa shape index (κ3) is 4.61. The third-order valence-electron chi connectivity index (χ3n) is 5.80. The highest BCUT2D eigenvalue weighted by Crippen LogP contribution is 2.24. The number of amides is 1. The predicted octanol–water partition coefficient (Wildman–Crippen LogP) is 3.31. The Hall–Kier alpha value is -3.19. The molecule has 162 valence electrons. The molecule has 1 aliphatic rings. The van der Waals surface area contributed by atoms with Crippen molar-refractivity contribution in [3.05, 3.63) is 59.3 Å². The SMILES string of the molecule is CCOc1ccc2nc(NC3NC(=O)C(Cc4ccccc4C)C(C)N3)nc(C)c2c1. The van der Waals surface area contributed by atoms with Crippen LogP contribution >= 0.6 is 0 Å². The molecule has 7 nitrogen and oxygen atoms in total. The molecule has 31 heavy (non-hydrogen) atoms. The van der Waals surface area contributed by atoms with Crippen LogP contribution in [0.4, 0.5) is 5.95 Å². The Bertz CT molecular complexity index is 1100. The maximum absolute atomic E-state index is 12.9. The second-order valence-electron chi connectivity index (χ2n) is 8.02. The van der Waals surface area contributed by atoms with Crippen LogP contribution in [0.5, 0.6) is 5.75 Å². The Morgan fingerprint density at radius 1 is 1.13 bits per heavy atom. The number of ether oxygens (including phenoxy) is 1. The summed E-state index contributed by atoms with van der Waals surface area (Å²) in [5.41, 5.74) is 4.07. The van der Waals surface area contributed by atoms with Crippen molar-refractivity contribution < 1.29 is 9.53 Å². The Balaban J connectivity index is 1.47. The molecule has 1 aliphatic heterocycles. The molecule has 3 atom stereocenters. The number of hydrogen-bond acceptors (Lipinski definition) is 6. The molecule has 0 aliphatic carbocycles. The van der Waals surface area contributed by atoms with Gasteiger partial charge in [0, 0.05) is 11.4 Å². The van der Waals surface area contributed by atoms with Crippen molar-refractivity contribution in [1.29, 1.82) is 0 Å². The van der Waals surface area contributed by atoms with Crippen molar-refractivity contribution in [1.82, 2.24) is 20.6 Å². The van der Waals surface area contributed by atoms with Gasteiger partial charge in [-0.2, -0.15) is 0 Å². The van der Waals surface area contributed by atoms with Gasteiger partial charge in [-0.05, 0) is 63.4 Å². The molecule has 0 spiro atoms. The molecular formula is C24H29N5O2. The molecule has 0 radical (unpaired) electrons. The van der Waals surface area contributed by atoms with Crippen LogP contribution in [-0.4, -0.2) is 34.8 Å². The van der Waals surface area contributed by atoms with E-state index in [1.165, 1.54) is 11.1 Å². The second kappa shape index (κ2) is 8.89. The first-order valence-corrected chi connectivity index (χ1v) is 10.7. The third-order valence-corrected chi connectivity index (χ3v) is 5.80. The van der Waals surface area contributed by atoms with Crippen LogP contribution in [0, 0.1) is 19.8 Å². The van der Waals surface area contributed by atoms with E-state index in [9.17, 15) is 4.79 Å². The monoisotopic (exact) mass is 419 g/mol. The minimum Gasteiger partial charge on any atom is -0.494 e. The standard InChI is InChI=1S/C24H29N5O2/c1-5-31-18-10-11-21-19(13-18)15(3)25-23(27-21)29-24-26-16(4)20(22(30)28-24)12-17-9-7-6-8-14(17)2/h6-11,13,16,20,24,26H,5,12H2,1-4H3,(H,28,30)(H,25,27,29). The van der Waals surface area contributed by atoms with Crippen molar-refractivity contribution >= 4 is 22.8 Å². The minimum atomic E-state index is -0.435. The van der Waals surface area contributed by atoms with Gasteiger partial charge in [0.2, 0.25) is 11.9 Å². The summed E-state index contributed by atoms with van der Waals surface area (Å²) >= 11 is 0. The zero-order chi connectivity index (χ0) is 22.0. The van der Waals surface area contributed by atoms with E-state index in [-0.39, 0.29) is 17.9 Å². The lowest BCUT2D eigenvalue weighted by molar-refractivity contribution is -0.128. The number of rotatable bonds is 6. The van der Waals surface area contributed by atoms with Crippen LogP contribution in [0.1, 0.15) is 30.7 Å². The molecule has 1 fully saturated rings. The maximum Gasteiger partial charge on any atom is 0.227 e. The van der Waals surface area contributed by atoms with E-state index in [0.29, 0.717) is 19.0 Å². The van der Waals surface area contributed by atoms with E-state index >= 15 is 0 Å². The molecule has 3 aromatic rings. The van der Waals surface area contributed by atoms with Gasteiger partial charge >= 0.3 is 0 Å². The molecule has 2 aromatic carbocycles. The number of carbonyl (C=O) groups is 1. The second-order valence-corrected chi connectivity index (χ2v) is 8.02. The Kier molecular flexibility index (Phi) is 6.04. The molecule has 0 bridgehead atoms. The van der Waals surface area contributed by atoms with Gasteiger partial charge in [0.05, 0.1) is 23.7 Å². The van der Waals surface area contributed by atoms with Gasteiger partial charge in [0.1, 0.15) is 5.75 Å². The summed E-state index contributed by atoms with van der Waals surface area (Å²) in [6, 6.07) is 14.0. The van der Waals surface area contributed by atoms with E-state index in [4.69, 9.17) is 4.74 Å². The number of nitrogens with one attached hydrogen (secondary N) is 3. The zero-order valence-electron chi connectivity index (χ0n) is 18.4. The van der Waals surface area contributed by atoms with Gasteiger partial charge in [0.25, 0.3) is 0 Å². The number of carbonyl (C=O) groups excluding carboxylic acids is 1. The molecule has 2 heterocycles. The van der Waals surface area contributed by atoms with Gasteiger partial charge in [0.15, 0.2) is 6.29 Å². The highest BCUT2D eigenvalue weighted by Gasteiger charge is 2.34. The van der Waals surface area contributed by atoms with Gasteiger partial charge in [-0.1, -0.05) is 24.3 Å². The number of nitrogens with zero attached hydrogens (tertiary/aromatic N) is 2. The molecule has 0 saturated carbocycles. The Morgan fingerprint density at radius 3 is 2.68 bits per heavy atom. The van der Waals surface area contributed by atoms with E-state index < -0.39 is 6.29 Å². The lowest BCUT2D eigenvalue weighted by atomic mass is 9.89. The zero-order valence-corrected chi connectivity index (χ0v) is 18.4. The smallest absolute Gasteiger partial charge is 0.227 e. The molecule has 1 aromatic heterocycles. The number of benzene rings is 2. The summed E-state index contributed by atoms with van der Waals surface area (Å²) in [6.07, 6.45) is 0.266. The number of anilines is 1. The molecule has 3 N–H and O–H groups in total. The van der Waals surface area contributed by atoms with E-state index in [2.05, 4.69) is 45.0 Å². The summed E-state index contributed by atoms with van der Waals surface area (Å²) in [7, 11) is 0. The fraction of sp³-hybridized carbons (Fsp3) is 0.375. The van der Waals surface area contributed by atoms with Crippen molar-refractivity contribution in [2.75, 3.05) is 11.9 Å². The van der Waals surface area contributed by atoms with Crippen molar-refractivity contribution in [3.63, 3.8) is 0 Å². The van der Waals surface area contributed by atoms with Crippen LogP contribution < -0.4 is 20.7 Å². The lowest BCUT2D eigenvalue weighted by Gasteiger charge is -2.36. The molecule has 3 unspecified atom stereocenters. The summed E-state index contributed by atoms with van der Waals surface area (Å²) in [5.74, 6) is 1.15. The molecule has 7 heteroatoms. The van der Waals surface area contributed by atoms with Gasteiger partial charge in [-0.25, -0.2) is 9.97 Å².